The summed E-state index contributed by atoms with van der Waals surface area (Å²) in [6.07, 6.45) is 3.19. The first-order valence-electron chi connectivity index (χ1n) is 7.30. The lowest BCUT2D eigenvalue weighted by Crippen LogP contribution is -2.41. The highest BCUT2D eigenvalue weighted by atomic mass is 16.7. The van der Waals surface area contributed by atoms with Gasteiger partial charge in [0.15, 0.2) is 5.82 Å². The van der Waals surface area contributed by atoms with E-state index in [1.165, 1.54) is 0 Å². The van der Waals surface area contributed by atoms with Gasteiger partial charge in [0.25, 0.3) is 0 Å². The highest BCUT2D eigenvalue weighted by Crippen LogP contribution is 2.36. The van der Waals surface area contributed by atoms with E-state index >= 15 is 0 Å². The van der Waals surface area contributed by atoms with Gasteiger partial charge in [0.05, 0.1) is 11.2 Å². The number of carbonyl (C=O) groups excluding carboxylic acids is 1. The SMILES string of the molecule is CC1(C)OB(c2ccccc2C(=O)c2ncc[nH]2)OC1(C)C. The highest BCUT2D eigenvalue weighted by Gasteiger charge is 2.52. The second kappa shape index (κ2) is 5.07. The second-order valence-electron chi connectivity index (χ2n) is 6.44. The summed E-state index contributed by atoms with van der Waals surface area (Å²) in [6.45, 7) is 7.96. The van der Waals surface area contributed by atoms with E-state index in [1.54, 1.807) is 18.5 Å². The first kappa shape index (κ1) is 15.0. The van der Waals surface area contributed by atoms with E-state index in [1.807, 2.05) is 45.9 Å². The molecule has 0 aliphatic carbocycles. The number of nitrogens with one attached hydrogen (secondary N) is 1. The van der Waals surface area contributed by atoms with E-state index in [0.717, 1.165) is 5.46 Å². The quantitative estimate of drug-likeness (QED) is 0.695. The number of carbonyl (C=O) groups is 1. The molecule has 0 unspecified atom stereocenters. The van der Waals surface area contributed by atoms with Crippen LogP contribution in [0, 0.1) is 0 Å². The second-order valence-corrected chi connectivity index (χ2v) is 6.44. The Bertz CT molecular complexity index is 679. The third kappa shape index (κ3) is 2.38. The van der Waals surface area contributed by atoms with E-state index in [4.69, 9.17) is 9.31 Å². The third-order valence-electron chi connectivity index (χ3n) is 4.43. The van der Waals surface area contributed by atoms with E-state index in [0.29, 0.717) is 11.4 Å². The largest absolute Gasteiger partial charge is 0.495 e. The number of H-pyrrole nitrogens is 1. The summed E-state index contributed by atoms with van der Waals surface area (Å²) in [5.74, 6) is 0.138. The van der Waals surface area contributed by atoms with Crippen LogP contribution in [-0.4, -0.2) is 34.1 Å². The molecule has 5 nitrogen and oxygen atoms in total. The van der Waals surface area contributed by atoms with Crippen LogP contribution >= 0.6 is 0 Å². The zero-order chi connectivity index (χ0) is 16.0. The van der Waals surface area contributed by atoms with Gasteiger partial charge in [0.1, 0.15) is 0 Å². The Labute approximate surface area is 130 Å². The molecule has 1 fully saturated rings. The number of aromatic amines is 1. The summed E-state index contributed by atoms with van der Waals surface area (Å²) in [5.41, 5.74) is 0.371. The predicted octanol–water partition coefficient (Wildman–Crippen LogP) is 1.94. The summed E-state index contributed by atoms with van der Waals surface area (Å²) in [7, 11) is -0.569. The number of hydrogen-bond acceptors (Lipinski definition) is 4. The lowest BCUT2D eigenvalue weighted by molar-refractivity contribution is 0.00578. The molecule has 0 bridgehead atoms. The Morgan fingerprint density at radius 1 is 1.14 bits per heavy atom. The topological polar surface area (TPSA) is 64.2 Å². The van der Waals surface area contributed by atoms with Crippen molar-refractivity contribution >= 4 is 18.4 Å². The van der Waals surface area contributed by atoms with Crippen molar-refractivity contribution in [3.05, 3.63) is 48.0 Å². The molecule has 2 heterocycles. The number of nitrogens with zero attached hydrogens (tertiary/aromatic N) is 1. The summed E-state index contributed by atoms with van der Waals surface area (Å²) in [5, 5.41) is 0. The Morgan fingerprint density at radius 3 is 2.36 bits per heavy atom. The van der Waals surface area contributed by atoms with Gasteiger partial charge in [-0.25, -0.2) is 4.98 Å². The fraction of sp³-hybridized carbons (Fsp3) is 0.375. The monoisotopic (exact) mass is 298 g/mol. The van der Waals surface area contributed by atoms with Crippen LogP contribution in [0.5, 0.6) is 0 Å². The lowest BCUT2D eigenvalue weighted by atomic mass is 9.75. The maximum Gasteiger partial charge on any atom is 0.495 e. The van der Waals surface area contributed by atoms with Crippen LogP contribution in [0.2, 0.25) is 0 Å². The van der Waals surface area contributed by atoms with Crippen LogP contribution in [0.1, 0.15) is 43.9 Å². The van der Waals surface area contributed by atoms with Crippen molar-refractivity contribution < 1.29 is 14.1 Å². The van der Waals surface area contributed by atoms with Crippen LogP contribution in [0.4, 0.5) is 0 Å². The van der Waals surface area contributed by atoms with Crippen molar-refractivity contribution in [2.45, 2.75) is 38.9 Å². The number of imidazole rings is 1. The van der Waals surface area contributed by atoms with Crippen LogP contribution in [0.3, 0.4) is 0 Å². The first-order chi connectivity index (χ1) is 10.3. The molecule has 6 heteroatoms. The number of ketones is 1. The molecule has 1 aliphatic heterocycles. The zero-order valence-electron chi connectivity index (χ0n) is 13.2. The molecule has 2 aromatic rings. The summed E-state index contributed by atoms with van der Waals surface area (Å²) in [4.78, 5) is 19.5. The molecule has 1 aromatic heterocycles. The van der Waals surface area contributed by atoms with E-state index in [-0.39, 0.29) is 5.78 Å². The van der Waals surface area contributed by atoms with Gasteiger partial charge < -0.3 is 14.3 Å². The van der Waals surface area contributed by atoms with Gasteiger partial charge in [-0.15, -0.1) is 0 Å². The molecule has 0 saturated carbocycles. The van der Waals surface area contributed by atoms with E-state index in [9.17, 15) is 4.79 Å². The molecule has 1 saturated heterocycles. The average Bonchev–Trinajstić information content (AvgIpc) is 3.05. The molecule has 0 radical (unpaired) electrons. The number of aromatic nitrogens is 2. The minimum atomic E-state index is -0.569. The molecule has 0 amide bonds. The zero-order valence-corrected chi connectivity index (χ0v) is 13.2. The van der Waals surface area contributed by atoms with Crippen molar-refractivity contribution in [1.29, 1.82) is 0 Å². The van der Waals surface area contributed by atoms with Gasteiger partial charge in [-0.05, 0) is 33.2 Å². The Hall–Kier alpha value is -1.92. The standard InChI is InChI=1S/C16H19BN2O3/c1-15(2)16(3,4)22-17(21-15)12-8-6-5-7-11(12)13(20)14-18-9-10-19-14/h5-10H,1-4H3,(H,18,19). The Kier molecular flexibility index (Phi) is 3.46. The Balaban J connectivity index is 1.98. The van der Waals surface area contributed by atoms with Crippen molar-refractivity contribution in [2.75, 3.05) is 0 Å². The summed E-state index contributed by atoms with van der Waals surface area (Å²) < 4.78 is 12.1. The fourth-order valence-corrected chi connectivity index (χ4v) is 2.40. The molecular weight excluding hydrogens is 279 g/mol. The van der Waals surface area contributed by atoms with Crippen LogP contribution in [-0.2, 0) is 9.31 Å². The van der Waals surface area contributed by atoms with Crippen LogP contribution in [0.15, 0.2) is 36.7 Å². The van der Waals surface area contributed by atoms with Crippen LogP contribution < -0.4 is 5.46 Å². The lowest BCUT2D eigenvalue weighted by Gasteiger charge is -2.32. The maximum absolute atomic E-state index is 12.6. The normalized spacial score (nSPS) is 19.4. The number of benzene rings is 1. The average molecular weight is 298 g/mol. The highest BCUT2D eigenvalue weighted by molar-refractivity contribution is 6.64. The summed E-state index contributed by atoms with van der Waals surface area (Å²) >= 11 is 0. The molecule has 22 heavy (non-hydrogen) atoms. The van der Waals surface area contributed by atoms with Crippen molar-refractivity contribution in [2.24, 2.45) is 0 Å². The number of hydrogen-bond donors (Lipinski definition) is 1. The van der Waals surface area contributed by atoms with E-state index in [2.05, 4.69) is 9.97 Å². The smallest absolute Gasteiger partial charge is 0.399 e. The number of rotatable bonds is 3. The fourth-order valence-electron chi connectivity index (χ4n) is 2.40. The summed E-state index contributed by atoms with van der Waals surface area (Å²) in [6, 6.07) is 7.33. The molecule has 0 atom stereocenters. The van der Waals surface area contributed by atoms with Crippen molar-refractivity contribution in [3.8, 4) is 0 Å². The molecule has 3 rings (SSSR count). The van der Waals surface area contributed by atoms with Crippen molar-refractivity contribution in [1.82, 2.24) is 9.97 Å². The molecule has 0 spiro atoms. The minimum absolute atomic E-state index is 0.171. The molecular formula is C16H19BN2O3. The Morgan fingerprint density at radius 2 is 1.77 bits per heavy atom. The molecule has 114 valence electrons. The molecule has 1 aliphatic rings. The van der Waals surface area contributed by atoms with Gasteiger partial charge >= 0.3 is 7.12 Å². The van der Waals surface area contributed by atoms with Gasteiger partial charge in [-0.1, -0.05) is 24.3 Å². The van der Waals surface area contributed by atoms with Gasteiger partial charge in [0.2, 0.25) is 5.78 Å². The maximum atomic E-state index is 12.6. The predicted molar refractivity (Wildman–Crippen MR) is 84.2 cm³/mol. The van der Waals surface area contributed by atoms with Crippen LogP contribution in [0.25, 0.3) is 0 Å². The van der Waals surface area contributed by atoms with Gasteiger partial charge in [-0.2, -0.15) is 0 Å². The van der Waals surface area contributed by atoms with Gasteiger partial charge in [-0.3, -0.25) is 4.79 Å². The third-order valence-corrected chi connectivity index (χ3v) is 4.43. The van der Waals surface area contributed by atoms with Gasteiger partial charge in [0, 0.05) is 18.0 Å². The minimum Gasteiger partial charge on any atom is -0.399 e. The molecule has 1 N–H and O–H groups in total. The van der Waals surface area contributed by atoms with E-state index < -0.39 is 18.3 Å². The molecule has 1 aromatic carbocycles. The van der Waals surface area contributed by atoms with Crippen molar-refractivity contribution in [3.63, 3.8) is 0 Å². The first-order valence-corrected chi connectivity index (χ1v) is 7.30.